The van der Waals surface area contributed by atoms with Crippen LogP contribution in [0.3, 0.4) is 0 Å². The van der Waals surface area contributed by atoms with Crippen LogP contribution >= 0.6 is 0 Å². The summed E-state index contributed by atoms with van der Waals surface area (Å²) in [6.45, 7) is 0.580. The zero-order chi connectivity index (χ0) is 19.0. The number of hydrogen-bond donors (Lipinski definition) is 1. The van der Waals surface area contributed by atoms with E-state index in [9.17, 15) is 18.0 Å². The van der Waals surface area contributed by atoms with Gasteiger partial charge in [-0.1, -0.05) is 12.1 Å². The number of carbonyl (C=O) groups is 1. The summed E-state index contributed by atoms with van der Waals surface area (Å²) in [7, 11) is 1.58. The predicted octanol–water partition coefficient (Wildman–Crippen LogP) is 4.19. The monoisotopic (exact) mass is 367 g/mol. The molecule has 0 unspecified atom stereocenters. The zero-order valence-electron chi connectivity index (χ0n) is 14.3. The van der Waals surface area contributed by atoms with Crippen LogP contribution in [-0.2, 0) is 17.5 Å². The Balaban J connectivity index is 1.65. The molecule has 0 aliphatic rings. The smallest absolute Gasteiger partial charge is 0.416 e. The van der Waals surface area contributed by atoms with E-state index in [1.165, 1.54) is 12.1 Å². The SMILES string of the molecule is COc1ccc(OCCCC(=O)NCc2ccc(C(F)(F)F)cc2)cc1. The Morgan fingerprint density at radius 3 is 2.19 bits per heavy atom. The molecule has 0 spiro atoms. The molecule has 0 atom stereocenters. The van der Waals surface area contributed by atoms with Gasteiger partial charge in [0, 0.05) is 13.0 Å². The molecule has 0 aliphatic carbocycles. The summed E-state index contributed by atoms with van der Waals surface area (Å²) in [5.41, 5.74) is -0.0934. The van der Waals surface area contributed by atoms with E-state index < -0.39 is 11.7 Å². The molecule has 0 aliphatic heterocycles. The Kier molecular flexibility index (Phi) is 6.89. The third kappa shape index (κ3) is 6.31. The van der Waals surface area contributed by atoms with Crippen molar-refractivity contribution in [1.29, 1.82) is 0 Å². The molecule has 0 saturated heterocycles. The van der Waals surface area contributed by atoms with E-state index in [2.05, 4.69) is 5.32 Å². The normalized spacial score (nSPS) is 11.1. The Morgan fingerprint density at radius 2 is 1.62 bits per heavy atom. The summed E-state index contributed by atoms with van der Waals surface area (Å²) in [6.07, 6.45) is -3.55. The third-order valence-corrected chi connectivity index (χ3v) is 3.65. The molecule has 7 heteroatoms. The van der Waals surface area contributed by atoms with Crippen LogP contribution in [0.5, 0.6) is 11.5 Å². The second kappa shape index (κ2) is 9.12. The number of alkyl halides is 3. The minimum absolute atomic E-state index is 0.178. The molecule has 0 saturated carbocycles. The molecule has 0 fully saturated rings. The van der Waals surface area contributed by atoms with E-state index in [4.69, 9.17) is 9.47 Å². The van der Waals surface area contributed by atoms with Crippen LogP contribution in [0, 0.1) is 0 Å². The average Bonchev–Trinajstić information content (AvgIpc) is 2.63. The Hall–Kier alpha value is -2.70. The van der Waals surface area contributed by atoms with Crippen LogP contribution in [0.1, 0.15) is 24.0 Å². The van der Waals surface area contributed by atoms with Gasteiger partial charge in [-0.05, 0) is 48.4 Å². The lowest BCUT2D eigenvalue weighted by Gasteiger charge is -2.09. The molecular weight excluding hydrogens is 347 g/mol. The molecule has 140 valence electrons. The van der Waals surface area contributed by atoms with Crippen molar-refractivity contribution >= 4 is 5.91 Å². The first-order chi connectivity index (χ1) is 12.4. The zero-order valence-corrected chi connectivity index (χ0v) is 14.3. The van der Waals surface area contributed by atoms with Gasteiger partial charge in [-0.15, -0.1) is 0 Å². The van der Waals surface area contributed by atoms with Crippen molar-refractivity contribution in [1.82, 2.24) is 5.32 Å². The number of nitrogens with one attached hydrogen (secondary N) is 1. The van der Waals surface area contributed by atoms with Crippen LogP contribution in [-0.4, -0.2) is 19.6 Å². The highest BCUT2D eigenvalue weighted by Crippen LogP contribution is 2.29. The molecular formula is C19H20F3NO3. The van der Waals surface area contributed by atoms with Crippen molar-refractivity contribution in [3.8, 4) is 11.5 Å². The fourth-order valence-corrected chi connectivity index (χ4v) is 2.20. The van der Waals surface area contributed by atoms with Gasteiger partial charge in [-0.3, -0.25) is 4.79 Å². The summed E-state index contributed by atoms with van der Waals surface area (Å²) in [6, 6.07) is 11.9. The van der Waals surface area contributed by atoms with Crippen molar-refractivity contribution in [2.75, 3.05) is 13.7 Å². The average molecular weight is 367 g/mol. The number of hydrogen-bond acceptors (Lipinski definition) is 3. The first kappa shape index (κ1) is 19.6. The summed E-state index contributed by atoms with van der Waals surface area (Å²) >= 11 is 0. The quantitative estimate of drug-likeness (QED) is 0.712. The highest BCUT2D eigenvalue weighted by molar-refractivity contribution is 5.75. The first-order valence-corrected chi connectivity index (χ1v) is 8.08. The molecule has 1 N–H and O–H groups in total. The van der Waals surface area contributed by atoms with E-state index >= 15 is 0 Å². The minimum Gasteiger partial charge on any atom is -0.497 e. The second-order valence-electron chi connectivity index (χ2n) is 5.60. The van der Waals surface area contributed by atoms with Gasteiger partial charge >= 0.3 is 6.18 Å². The fraction of sp³-hybridized carbons (Fsp3) is 0.316. The summed E-state index contributed by atoms with van der Waals surface area (Å²) in [5, 5.41) is 2.68. The Bertz CT molecular complexity index is 697. The van der Waals surface area contributed by atoms with Crippen LogP contribution < -0.4 is 14.8 Å². The lowest BCUT2D eigenvalue weighted by Crippen LogP contribution is -2.23. The number of methoxy groups -OCH3 is 1. The molecule has 1 amide bonds. The van der Waals surface area contributed by atoms with Crippen LogP contribution in [0.2, 0.25) is 0 Å². The maximum atomic E-state index is 12.5. The number of ether oxygens (including phenoxy) is 2. The van der Waals surface area contributed by atoms with Crippen molar-refractivity contribution < 1.29 is 27.4 Å². The van der Waals surface area contributed by atoms with E-state index in [0.29, 0.717) is 24.3 Å². The van der Waals surface area contributed by atoms with Gasteiger partial charge in [-0.25, -0.2) is 0 Å². The molecule has 0 heterocycles. The molecule has 2 aromatic rings. The van der Waals surface area contributed by atoms with Gasteiger partial charge in [0.2, 0.25) is 5.91 Å². The summed E-state index contributed by atoms with van der Waals surface area (Å²) in [5.74, 6) is 1.25. The van der Waals surface area contributed by atoms with Gasteiger partial charge in [0.25, 0.3) is 0 Å². The largest absolute Gasteiger partial charge is 0.497 e. The van der Waals surface area contributed by atoms with Crippen LogP contribution in [0.15, 0.2) is 48.5 Å². The standard InChI is InChI=1S/C19H20F3NO3/c1-25-16-8-10-17(11-9-16)26-12-2-3-18(24)23-13-14-4-6-15(7-5-14)19(20,21)22/h4-11H,2-3,12-13H2,1H3,(H,23,24). The third-order valence-electron chi connectivity index (χ3n) is 3.65. The number of benzene rings is 2. The van der Waals surface area contributed by atoms with Gasteiger partial charge in [0.05, 0.1) is 19.3 Å². The van der Waals surface area contributed by atoms with E-state index in [0.717, 1.165) is 17.9 Å². The summed E-state index contributed by atoms with van der Waals surface area (Å²) < 4.78 is 48.0. The molecule has 0 radical (unpaired) electrons. The van der Waals surface area contributed by atoms with Crippen molar-refractivity contribution in [3.63, 3.8) is 0 Å². The molecule has 26 heavy (non-hydrogen) atoms. The molecule has 2 aromatic carbocycles. The first-order valence-electron chi connectivity index (χ1n) is 8.08. The van der Waals surface area contributed by atoms with Gasteiger partial charge in [0.15, 0.2) is 0 Å². The number of carbonyl (C=O) groups excluding carboxylic acids is 1. The Morgan fingerprint density at radius 1 is 1.00 bits per heavy atom. The molecule has 0 aromatic heterocycles. The fourth-order valence-electron chi connectivity index (χ4n) is 2.20. The van der Waals surface area contributed by atoms with Crippen molar-refractivity contribution in [2.24, 2.45) is 0 Å². The summed E-state index contributed by atoms with van der Waals surface area (Å²) in [4.78, 5) is 11.8. The van der Waals surface area contributed by atoms with E-state index in [1.54, 1.807) is 31.4 Å². The highest BCUT2D eigenvalue weighted by Gasteiger charge is 2.29. The number of rotatable bonds is 8. The van der Waals surface area contributed by atoms with Crippen LogP contribution in [0.4, 0.5) is 13.2 Å². The van der Waals surface area contributed by atoms with E-state index in [1.807, 2.05) is 0 Å². The highest BCUT2D eigenvalue weighted by atomic mass is 19.4. The van der Waals surface area contributed by atoms with Gasteiger partial charge < -0.3 is 14.8 Å². The molecule has 2 rings (SSSR count). The maximum absolute atomic E-state index is 12.5. The van der Waals surface area contributed by atoms with E-state index in [-0.39, 0.29) is 18.9 Å². The maximum Gasteiger partial charge on any atom is 0.416 e. The number of halogens is 3. The van der Waals surface area contributed by atoms with Crippen molar-refractivity contribution in [2.45, 2.75) is 25.6 Å². The molecule has 4 nitrogen and oxygen atoms in total. The van der Waals surface area contributed by atoms with Gasteiger partial charge in [-0.2, -0.15) is 13.2 Å². The second-order valence-corrected chi connectivity index (χ2v) is 5.60. The van der Waals surface area contributed by atoms with Crippen LogP contribution in [0.25, 0.3) is 0 Å². The Labute approximate surface area is 149 Å². The topological polar surface area (TPSA) is 47.6 Å². The van der Waals surface area contributed by atoms with Crippen molar-refractivity contribution in [3.05, 3.63) is 59.7 Å². The predicted molar refractivity (Wildman–Crippen MR) is 91.0 cm³/mol. The number of amides is 1. The lowest BCUT2D eigenvalue weighted by atomic mass is 10.1. The van der Waals surface area contributed by atoms with Gasteiger partial charge in [0.1, 0.15) is 11.5 Å². The molecule has 0 bridgehead atoms. The lowest BCUT2D eigenvalue weighted by molar-refractivity contribution is -0.137. The minimum atomic E-state index is -4.36.